The molecule has 4 nitrogen and oxygen atoms in total. The van der Waals surface area contributed by atoms with E-state index in [2.05, 4.69) is 0 Å². The lowest BCUT2D eigenvalue weighted by atomic mass is 10.0. The Morgan fingerprint density at radius 3 is 2.29 bits per heavy atom. The lowest BCUT2D eigenvalue weighted by molar-refractivity contribution is 0.391. The molecule has 0 aliphatic heterocycles. The highest BCUT2D eigenvalue weighted by Crippen LogP contribution is 2.22. The summed E-state index contributed by atoms with van der Waals surface area (Å²) in [6, 6.07) is 1.08. The van der Waals surface area contributed by atoms with E-state index in [9.17, 15) is 21.6 Å². The molecule has 0 saturated heterocycles. The molecule has 1 atom stereocenters. The monoisotopic (exact) mass is 324 g/mol. The third-order valence-corrected chi connectivity index (χ3v) is 5.20. The second-order valence-corrected chi connectivity index (χ2v) is 7.21. The number of hydrogen-bond acceptors (Lipinski definition) is 3. The van der Waals surface area contributed by atoms with Gasteiger partial charge in [0.15, 0.2) is 17.5 Å². The van der Waals surface area contributed by atoms with Crippen LogP contribution in [0.5, 0.6) is 0 Å². The molecule has 0 aromatic heterocycles. The standard InChI is InChI=1S/C13H19F3N2O2S/c1-8(2)10(17)6-7-18(3)21(19,20)11-5-4-9(14)12(15)13(11)16/h4-5,8,10H,6-7,17H2,1-3H3. The summed E-state index contributed by atoms with van der Waals surface area (Å²) in [5, 5.41) is 0. The summed E-state index contributed by atoms with van der Waals surface area (Å²) in [6.07, 6.45) is 0.374. The third kappa shape index (κ3) is 3.96. The molecule has 0 bridgehead atoms. The van der Waals surface area contributed by atoms with Crippen LogP contribution < -0.4 is 5.73 Å². The van der Waals surface area contributed by atoms with Crippen LogP contribution in [0.2, 0.25) is 0 Å². The Morgan fingerprint density at radius 1 is 1.19 bits per heavy atom. The first-order valence-corrected chi connectivity index (χ1v) is 7.88. The fourth-order valence-electron chi connectivity index (χ4n) is 1.66. The summed E-state index contributed by atoms with van der Waals surface area (Å²) >= 11 is 0. The predicted molar refractivity (Wildman–Crippen MR) is 73.6 cm³/mol. The molecular weight excluding hydrogens is 305 g/mol. The van der Waals surface area contributed by atoms with Gasteiger partial charge in [-0.15, -0.1) is 0 Å². The van der Waals surface area contributed by atoms with E-state index in [1.54, 1.807) is 0 Å². The number of sulfonamides is 1. The molecule has 1 aromatic rings. The van der Waals surface area contributed by atoms with Crippen LogP contribution in [0, 0.1) is 23.4 Å². The van der Waals surface area contributed by atoms with Crippen molar-refractivity contribution in [2.75, 3.05) is 13.6 Å². The SMILES string of the molecule is CC(C)C(N)CCN(C)S(=O)(=O)c1ccc(F)c(F)c1F. The number of halogens is 3. The highest BCUT2D eigenvalue weighted by molar-refractivity contribution is 7.89. The van der Waals surface area contributed by atoms with Gasteiger partial charge in [-0.05, 0) is 24.5 Å². The van der Waals surface area contributed by atoms with Gasteiger partial charge >= 0.3 is 0 Å². The van der Waals surface area contributed by atoms with Crippen molar-refractivity contribution < 1.29 is 21.6 Å². The van der Waals surface area contributed by atoms with Crippen LogP contribution in [0.3, 0.4) is 0 Å². The van der Waals surface area contributed by atoms with E-state index >= 15 is 0 Å². The number of benzene rings is 1. The zero-order valence-electron chi connectivity index (χ0n) is 12.1. The Labute approximate surface area is 122 Å². The Morgan fingerprint density at radius 2 is 1.76 bits per heavy atom. The predicted octanol–water partition coefficient (Wildman–Crippen LogP) is 2.10. The molecule has 0 spiro atoms. The third-order valence-electron chi connectivity index (χ3n) is 3.32. The average molecular weight is 324 g/mol. The van der Waals surface area contributed by atoms with Crippen molar-refractivity contribution in [1.82, 2.24) is 4.31 Å². The average Bonchev–Trinajstić information content (AvgIpc) is 2.41. The zero-order valence-corrected chi connectivity index (χ0v) is 12.9. The molecule has 21 heavy (non-hydrogen) atoms. The van der Waals surface area contributed by atoms with E-state index < -0.39 is 32.4 Å². The van der Waals surface area contributed by atoms with Crippen molar-refractivity contribution in [3.05, 3.63) is 29.6 Å². The summed E-state index contributed by atoms with van der Waals surface area (Å²) in [5.74, 6) is -4.78. The second kappa shape index (κ2) is 6.76. The number of nitrogens with zero attached hydrogens (tertiary/aromatic N) is 1. The van der Waals surface area contributed by atoms with E-state index in [0.29, 0.717) is 18.6 Å². The van der Waals surface area contributed by atoms with Crippen LogP contribution in [0.25, 0.3) is 0 Å². The van der Waals surface area contributed by atoms with Gasteiger partial charge in [-0.3, -0.25) is 0 Å². The maximum absolute atomic E-state index is 13.6. The Bertz CT molecular complexity index is 606. The van der Waals surface area contributed by atoms with Crippen molar-refractivity contribution in [2.45, 2.75) is 31.2 Å². The van der Waals surface area contributed by atoms with E-state index in [0.717, 1.165) is 4.31 Å². The number of hydrogen-bond donors (Lipinski definition) is 1. The summed E-state index contributed by atoms with van der Waals surface area (Å²) < 4.78 is 64.8. The first kappa shape index (κ1) is 17.9. The zero-order chi connectivity index (χ0) is 16.4. The van der Waals surface area contributed by atoms with E-state index in [1.807, 2.05) is 13.8 Å². The molecule has 1 unspecified atom stereocenters. The largest absolute Gasteiger partial charge is 0.327 e. The van der Waals surface area contributed by atoms with Gasteiger partial charge < -0.3 is 5.73 Å². The van der Waals surface area contributed by atoms with Crippen LogP contribution in [-0.2, 0) is 10.0 Å². The molecule has 0 aliphatic rings. The van der Waals surface area contributed by atoms with Gasteiger partial charge in [0.2, 0.25) is 10.0 Å². The molecule has 0 radical (unpaired) electrons. The molecule has 0 fully saturated rings. The summed E-state index contributed by atoms with van der Waals surface area (Å²) in [6.45, 7) is 3.85. The highest BCUT2D eigenvalue weighted by Gasteiger charge is 2.28. The van der Waals surface area contributed by atoms with Gasteiger partial charge in [0.1, 0.15) is 4.90 Å². The first-order valence-electron chi connectivity index (χ1n) is 6.44. The van der Waals surface area contributed by atoms with Gasteiger partial charge in [0, 0.05) is 19.6 Å². The van der Waals surface area contributed by atoms with Crippen molar-refractivity contribution in [1.29, 1.82) is 0 Å². The van der Waals surface area contributed by atoms with Crippen molar-refractivity contribution in [3.63, 3.8) is 0 Å². The van der Waals surface area contributed by atoms with Crippen LogP contribution >= 0.6 is 0 Å². The van der Waals surface area contributed by atoms with Gasteiger partial charge in [-0.25, -0.2) is 25.9 Å². The Hall–Kier alpha value is -1.12. The van der Waals surface area contributed by atoms with Gasteiger partial charge in [0.05, 0.1) is 0 Å². The van der Waals surface area contributed by atoms with Gasteiger partial charge in [0.25, 0.3) is 0 Å². The molecular formula is C13H19F3N2O2S. The van der Waals surface area contributed by atoms with Crippen molar-refractivity contribution in [2.24, 2.45) is 11.7 Å². The highest BCUT2D eigenvalue weighted by atomic mass is 32.2. The lowest BCUT2D eigenvalue weighted by Gasteiger charge is -2.21. The van der Waals surface area contributed by atoms with Gasteiger partial charge in [-0.2, -0.15) is 0 Å². The minimum absolute atomic E-state index is 0.0557. The van der Waals surface area contributed by atoms with Gasteiger partial charge in [-0.1, -0.05) is 13.8 Å². The molecule has 120 valence electrons. The fraction of sp³-hybridized carbons (Fsp3) is 0.538. The minimum atomic E-state index is -4.23. The van der Waals surface area contributed by atoms with Crippen molar-refractivity contribution >= 4 is 10.0 Å². The topological polar surface area (TPSA) is 63.4 Å². The Balaban J connectivity index is 2.98. The van der Waals surface area contributed by atoms with Crippen LogP contribution in [0.1, 0.15) is 20.3 Å². The van der Waals surface area contributed by atoms with E-state index in [1.165, 1.54) is 7.05 Å². The molecule has 0 saturated carbocycles. The molecule has 0 aliphatic carbocycles. The van der Waals surface area contributed by atoms with Crippen LogP contribution in [-0.4, -0.2) is 32.4 Å². The van der Waals surface area contributed by atoms with Crippen molar-refractivity contribution in [3.8, 4) is 0 Å². The maximum Gasteiger partial charge on any atom is 0.245 e. The summed E-state index contributed by atoms with van der Waals surface area (Å²) in [7, 11) is -3.00. The molecule has 8 heteroatoms. The minimum Gasteiger partial charge on any atom is -0.327 e. The maximum atomic E-state index is 13.6. The molecule has 1 aromatic carbocycles. The summed E-state index contributed by atoms with van der Waals surface area (Å²) in [5.41, 5.74) is 5.82. The van der Waals surface area contributed by atoms with Crippen LogP contribution in [0.15, 0.2) is 17.0 Å². The normalized spacial score (nSPS) is 14.0. The lowest BCUT2D eigenvalue weighted by Crippen LogP contribution is -2.35. The molecule has 2 N–H and O–H groups in total. The second-order valence-electron chi connectivity index (χ2n) is 5.20. The number of nitrogens with two attached hydrogens (primary N) is 1. The number of rotatable bonds is 6. The molecule has 0 amide bonds. The fourth-order valence-corrected chi connectivity index (χ4v) is 2.90. The smallest absolute Gasteiger partial charge is 0.245 e. The van der Waals surface area contributed by atoms with E-state index in [-0.39, 0.29) is 18.5 Å². The molecule has 0 heterocycles. The molecule has 1 rings (SSSR count). The summed E-state index contributed by atoms with van der Waals surface area (Å²) in [4.78, 5) is -0.887. The van der Waals surface area contributed by atoms with Crippen LogP contribution in [0.4, 0.5) is 13.2 Å². The Kier molecular flexibility index (Phi) is 5.77. The first-order chi connectivity index (χ1) is 9.59. The quantitative estimate of drug-likeness (QED) is 0.815. The van der Waals surface area contributed by atoms with E-state index in [4.69, 9.17) is 5.73 Å².